The highest BCUT2D eigenvalue weighted by molar-refractivity contribution is 9.11. The average Bonchev–Trinajstić information content (AvgIpc) is 3.25. The molecule has 0 N–H and O–H groups in total. The zero-order chi connectivity index (χ0) is 16.8. The molecule has 0 fully saturated rings. The van der Waals surface area contributed by atoms with Crippen LogP contribution in [0.4, 0.5) is 0 Å². The van der Waals surface area contributed by atoms with Crippen LogP contribution in [0.3, 0.4) is 0 Å². The molecular weight excluding hydrogens is 368 g/mol. The van der Waals surface area contributed by atoms with Crippen LogP contribution in [-0.2, 0) is 19.3 Å². The van der Waals surface area contributed by atoms with E-state index in [1.807, 2.05) is 0 Å². The van der Waals surface area contributed by atoms with Crippen molar-refractivity contribution in [3.05, 3.63) is 87.4 Å². The third-order valence-electron chi connectivity index (χ3n) is 5.48. The van der Waals surface area contributed by atoms with Gasteiger partial charge in [-0.25, -0.2) is 0 Å². The zero-order valence-corrected chi connectivity index (χ0v) is 15.6. The van der Waals surface area contributed by atoms with Gasteiger partial charge in [0.2, 0.25) is 0 Å². The molecule has 122 valence electrons. The minimum atomic E-state index is 1.03. The van der Waals surface area contributed by atoms with Gasteiger partial charge in [0.05, 0.1) is 0 Å². The van der Waals surface area contributed by atoms with E-state index in [2.05, 4.69) is 82.7 Å². The maximum absolute atomic E-state index is 3.72. The van der Waals surface area contributed by atoms with E-state index in [9.17, 15) is 0 Å². The van der Waals surface area contributed by atoms with Crippen molar-refractivity contribution in [3.63, 3.8) is 0 Å². The molecular formula is C24H19Br. The summed E-state index contributed by atoms with van der Waals surface area (Å²) in [5.41, 5.74) is 11.5. The van der Waals surface area contributed by atoms with E-state index in [1.54, 1.807) is 11.1 Å². The SMILES string of the molecule is BrC1=Cc2cc3c(c(-c4ccc(-c5ccccc5)cc4)c2C1)CCC3. The predicted molar refractivity (Wildman–Crippen MR) is 110 cm³/mol. The maximum Gasteiger partial charge on any atom is 0.00531 e. The first-order valence-electron chi connectivity index (χ1n) is 8.99. The van der Waals surface area contributed by atoms with Crippen LogP contribution in [0.5, 0.6) is 0 Å². The summed E-state index contributed by atoms with van der Waals surface area (Å²) in [4.78, 5) is 0. The van der Waals surface area contributed by atoms with E-state index in [0.717, 1.165) is 6.42 Å². The Balaban J connectivity index is 1.63. The molecule has 0 amide bonds. The van der Waals surface area contributed by atoms with Gasteiger partial charge < -0.3 is 0 Å². The summed E-state index contributed by atoms with van der Waals surface area (Å²) >= 11 is 3.72. The molecule has 0 atom stereocenters. The van der Waals surface area contributed by atoms with Gasteiger partial charge in [0.15, 0.2) is 0 Å². The molecule has 0 saturated heterocycles. The summed E-state index contributed by atoms with van der Waals surface area (Å²) in [6.45, 7) is 0. The molecule has 5 rings (SSSR count). The third-order valence-corrected chi connectivity index (χ3v) is 5.99. The quantitative estimate of drug-likeness (QED) is 0.454. The fourth-order valence-electron chi connectivity index (χ4n) is 4.33. The van der Waals surface area contributed by atoms with Crippen LogP contribution in [0.2, 0.25) is 0 Å². The standard InChI is InChI=1S/C24H19Br/c25-21-14-20-13-19-7-4-8-22(19)24(23(20)15-21)18-11-9-17(10-12-18)16-5-2-1-3-6-16/h1-3,5-6,9-14H,4,7-8,15H2. The van der Waals surface area contributed by atoms with E-state index < -0.39 is 0 Å². The molecule has 0 bridgehead atoms. The largest absolute Gasteiger partial charge is 0.0622 e. The van der Waals surface area contributed by atoms with Crippen molar-refractivity contribution in [2.45, 2.75) is 25.7 Å². The molecule has 0 aliphatic heterocycles. The van der Waals surface area contributed by atoms with Crippen LogP contribution in [0.15, 0.2) is 65.1 Å². The summed E-state index contributed by atoms with van der Waals surface area (Å²) < 4.78 is 1.30. The molecule has 1 heteroatoms. The van der Waals surface area contributed by atoms with Crippen molar-refractivity contribution >= 4 is 22.0 Å². The van der Waals surface area contributed by atoms with Crippen molar-refractivity contribution in [2.24, 2.45) is 0 Å². The molecule has 3 aromatic rings. The number of hydrogen-bond donors (Lipinski definition) is 0. The highest BCUT2D eigenvalue weighted by atomic mass is 79.9. The van der Waals surface area contributed by atoms with Crippen LogP contribution in [-0.4, -0.2) is 0 Å². The number of rotatable bonds is 2. The smallest absolute Gasteiger partial charge is 0.00531 e. The molecule has 0 saturated carbocycles. The van der Waals surface area contributed by atoms with Crippen molar-refractivity contribution < 1.29 is 0 Å². The van der Waals surface area contributed by atoms with Gasteiger partial charge in [0, 0.05) is 10.9 Å². The lowest BCUT2D eigenvalue weighted by atomic mass is 9.88. The lowest BCUT2D eigenvalue weighted by Gasteiger charge is -2.16. The minimum Gasteiger partial charge on any atom is -0.0622 e. The Morgan fingerprint density at radius 2 is 1.44 bits per heavy atom. The van der Waals surface area contributed by atoms with Crippen LogP contribution >= 0.6 is 15.9 Å². The lowest BCUT2D eigenvalue weighted by molar-refractivity contribution is 0.912. The molecule has 0 aromatic heterocycles. The summed E-state index contributed by atoms with van der Waals surface area (Å²) in [5.74, 6) is 0. The Labute approximate surface area is 157 Å². The lowest BCUT2D eigenvalue weighted by Crippen LogP contribution is -1.97. The van der Waals surface area contributed by atoms with Crippen molar-refractivity contribution in [1.29, 1.82) is 0 Å². The molecule has 0 spiro atoms. The Kier molecular flexibility index (Phi) is 3.64. The maximum atomic E-state index is 3.72. The van der Waals surface area contributed by atoms with Crippen molar-refractivity contribution in [1.82, 2.24) is 0 Å². The van der Waals surface area contributed by atoms with Crippen LogP contribution in [0.25, 0.3) is 28.3 Å². The zero-order valence-electron chi connectivity index (χ0n) is 14.1. The predicted octanol–water partition coefficient (Wildman–Crippen LogP) is 6.80. The first-order valence-corrected chi connectivity index (χ1v) is 9.78. The molecule has 0 unspecified atom stereocenters. The van der Waals surface area contributed by atoms with Crippen LogP contribution in [0, 0.1) is 0 Å². The first-order chi connectivity index (χ1) is 12.3. The molecule has 0 radical (unpaired) electrons. The van der Waals surface area contributed by atoms with E-state index in [1.165, 1.54) is 57.1 Å². The number of allylic oxidation sites excluding steroid dienone is 1. The van der Waals surface area contributed by atoms with E-state index >= 15 is 0 Å². The van der Waals surface area contributed by atoms with Gasteiger partial charge in [0.25, 0.3) is 0 Å². The second-order valence-corrected chi connectivity index (χ2v) is 8.04. The van der Waals surface area contributed by atoms with Crippen molar-refractivity contribution in [2.75, 3.05) is 0 Å². The Morgan fingerprint density at radius 3 is 2.24 bits per heavy atom. The molecule has 0 heterocycles. The topological polar surface area (TPSA) is 0 Å². The second kappa shape index (κ2) is 6.00. The average molecular weight is 387 g/mol. The monoisotopic (exact) mass is 386 g/mol. The van der Waals surface area contributed by atoms with E-state index in [4.69, 9.17) is 0 Å². The molecule has 2 aliphatic rings. The normalized spacial score (nSPS) is 15.0. The Bertz CT molecular complexity index is 979. The molecule has 2 aliphatic carbocycles. The number of halogens is 1. The van der Waals surface area contributed by atoms with Gasteiger partial charge in [-0.3, -0.25) is 0 Å². The molecule has 25 heavy (non-hydrogen) atoms. The highest BCUT2D eigenvalue weighted by Gasteiger charge is 2.24. The fourth-order valence-corrected chi connectivity index (χ4v) is 4.86. The Morgan fingerprint density at radius 1 is 0.720 bits per heavy atom. The van der Waals surface area contributed by atoms with Gasteiger partial charge in [-0.1, -0.05) is 76.6 Å². The van der Waals surface area contributed by atoms with E-state index in [0.29, 0.717) is 0 Å². The fraction of sp³-hybridized carbons (Fsp3) is 0.167. The summed E-state index contributed by atoms with van der Waals surface area (Å²) in [6.07, 6.45) is 7.06. The second-order valence-electron chi connectivity index (χ2n) is 7.02. The van der Waals surface area contributed by atoms with Gasteiger partial charge in [0.1, 0.15) is 0 Å². The van der Waals surface area contributed by atoms with Crippen LogP contribution in [0.1, 0.15) is 28.7 Å². The number of benzene rings is 3. The van der Waals surface area contributed by atoms with Gasteiger partial charge in [-0.2, -0.15) is 0 Å². The Hall–Kier alpha value is -2.12. The summed E-state index contributed by atoms with van der Waals surface area (Å²) in [6, 6.07) is 22.2. The number of aryl methyl sites for hydroxylation is 1. The molecule has 0 nitrogen and oxygen atoms in total. The minimum absolute atomic E-state index is 1.03. The summed E-state index contributed by atoms with van der Waals surface area (Å²) in [7, 11) is 0. The van der Waals surface area contributed by atoms with Crippen LogP contribution < -0.4 is 0 Å². The first kappa shape index (κ1) is 15.2. The third kappa shape index (κ3) is 2.58. The number of hydrogen-bond acceptors (Lipinski definition) is 0. The number of fused-ring (bicyclic) bond motifs is 2. The van der Waals surface area contributed by atoms with Gasteiger partial charge in [-0.05, 0) is 69.8 Å². The molecule has 3 aromatic carbocycles. The highest BCUT2D eigenvalue weighted by Crippen LogP contribution is 2.43. The van der Waals surface area contributed by atoms with E-state index in [-0.39, 0.29) is 0 Å². The summed E-state index contributed by atoms with van der Waals surface area (Å²) in [5, 5.41) is 0. The van der Waals surface area contributed by atoms with Gasteiger partial charge >= 0.3 is 0 Å². The van der Waals surface area contributed by atoms with Gasteiger partial charge in [-0.15, -0.1) is 0 Å². The van der Waals surface area contributed by atoms with Crippen molar-refractivity contribution in [3.8, 4) is 22.3 Å².